The molecule has 1 aromatic heterocycles. The number of hydrogen-bond acceptors (Lipinski definition) is 2. The summed E-state index contributed by atoms with van der Waals surface area (Å²) in [6.07, 6.45) is 4.77. The van der Waals surface area contributed by atoms with Crippen molar-refractivity contribution in [2.45, 2.75) is 25.2 Å². The number of Topliss-reactive ketones (excluding diaryl/α,β-unsaturated/α-hetero) is 1. The van der Waals surface area contributed by atoms with Crippen molar-refractivity contribution < 1.29 is 4.79 Å². The van der Waals surface area contributed by atoms with E-state index in [9.17, 15) is 4.79 Å². The summed E-state index contributed by atoms with van der Waals surface area (Å²) in [7, 11) is 0. The van der Waals surface area contributed by atoms with E-state index in [-0.39, 0.29) is 11.7 Å². The molecule has 1 aliphatic rings. The molecule has 1 aromatic carbocycles. The number of carbonyl (C=O) groups is 1. The molecule has 0 spiro atoms. The molecule has 1 unspecified atom stereocenters. The van der Waals surface area contributed by atoms with Gasteiger partial charge < -0.3 is 0 Å². The molecule has 1 aliphatic carbocycles. The summed E-state index contributed by atoms with van der Waals surface area (Å²) in [5.74, 6) is 0.0955. The molecular weight excluding hydrogens is 429 g/mol. The van der Waals surface area contributed by atoms with Crippen molar-refractivity contribution >= 4 is 44.3 Å². The minimum absolute atomic E-state index is 0.0947. The lowest BCUT2D eigenvalue weighted by Crippen LogP contribution is -2.20. The van der Waals surface area contributed by atoms with Crippen LogP contribution in [0.1, 0.15) is 40.4 Å². The molecule has 0 saturated carbocycles. The number of fused-ring (bicyclic) bond motifs is 1. The van der Waals surface area contributed by atoms with Crippen molar-refractivity contribution in [3.05, 3.63) is 61.4 Å². The average Bonchev–Trinajstić information content (AvgIpc) is 2.48. The van der Waals surface area contributed by atoms with Gasteiger partial charge in [0, 0.05) is 19.8 Å². The lowest BCUT2D eigenvalue weighted by Gasteiger charge is -2.23. The standard InChI is InChI=1S/C16H13BrINO/c17-11-6-7-14(18)13(9-11)16(20)12-5-1-3-10-4-2-8-19-15(10)12/h2,4,6-9,12H,1,3,5H2. The number of ketones is 1. The van der Waals surface area contributed by atoms with Crippen LogP contribution < -0.4 is 0 Å². The van der Waals surface area contributed by atoms with Gasteiger partial charge in [-0.3, -0.25) is 9.78 Å². The molecule has 0 amide bonds. The van der Waals surface area contributed by atoms with Crippen LogP contribution in [0.3, 0.4) is 0 Å². The second-order valence-corrected chi connectivity index (χ2v) is 7.06. The number of hydrogen-bond donors (Lipinski definition) is 0. The van der Waals surface area contributed by atoms with Crippen LogP contribution in [0.4, 0.5) is 0 Å². The first-order valence-electron chi connectivity index (χ1n) is 6.60. The number of carbonyl (C=O) groups excluding carboxylic acids is 1. The summed E-state index contributed by atoms with van der Waals surface area (Å²) in [6.45, 7) is 0. The highest BCUT2D eigenvalue weighted by atomic mass is 127. The van der Waals surface area contributed by atoms with Gasteiger partial charge in [0.05, 0.1) is 11.6 Å². The Bertz CT molecular complexity index is 671. The average molecular weight is 442 g/mol. The number of aryl methyl sites for hydroxylation is 1. The Morgan fingerprint density at radius 2 is 2.20 bits per heavy atom. The van der Waals surface area contributed by atoms with Crippen LogP contribution in [0.25, 0.3) is 0 Å². The fraction of sp³-hybridized carbons (Fsp3) is 0.250. The van der Waals surface area contributed by atoms with Crippen molar-refractivity contribution in [3.8, 4) is 0 Å². The normalized spacial score (nSPS) is 17.6. The highest BCUT2D eigenvalue weighted by molar-refractivity contribution is 14.1. The zero-order chi connectivity index (χ0) is 14.1. The van der Waals surface area contributed by atoms with Crippen molar-refractivity contribution in [2.24, 2.45) is 0 Å². The zero-order valence-electron chi connectivity index (χ0n) is 10.8. The number of rotatable bonds is 2. The van der Waals surface area contributed by atoms with Crippen molar-refractivity contribution in [2.75, 3.05) is 0 Å². The van der Waals surface area contributed by atoms with Crippen LogP contribution >= 0.6 is 38.5 Å². The molecule has 0 saturated heterocycles. The van der Waals surface area contributed by atoms with Gasteiger partial charge in [0.15, 0.2) is 5.78 Å². The maximum absolute atomic E-state index is 12.9. The molecule has 4 heteroatoms. The molecule has 102 valence electrons. The van der Waals surface area contributed by atoms with E-state index in [0.29, 0.717) is 0 Å². The van der Waals surface area contributed by atoms with E-state index in [2.05, 4.69) is 49.6 Å². The molecule has 1 atom stereocenters. The molecule has 0 radical (unpaired) electrons. The smallest absolute Gasteiger partial charge is 0.173 e. The highest BCUT2D eigenvalue weighted by Gasteiger charge is 2.29. The van der Waals surface area contributed by atoms with Crippen LogP contribution in [-0.2, 0) is 6.42 Å². The quantitative estimate of drug-likeness (QED) is 0.497. The summed E-state index contributed by atoms with van der Waals surface area (Å²) >= 11 is 5.68. The van der Waals surface area contributed by atoms with Gasteiger partial charge in [-0.1, -0.05) is 22.0 Å². The Hall–Kier alpha value is -0.750. The fourth-order valence-corrected chi connectivity index (χ4v) is 3.70. The molecular formula is C16H13BrINO. The Morgan fingerprint density at radius 1 is 1.35 bits per heavy atom. The minimum Gasteiger partial charge on any atom is -0.293 e. The SMILES string of the molecule is O=C(c1cc(Br)ccc1I)C1CCCc2cccnc21. The van der Waals surface area contributed by atoms with Crippen LogP contribution in [0.5, 0.6) is 0 Å². The van der Waals surface area contributed by atoms with E-state index in [1.165, 1.54) is 5.56 Å². The summed E-state index contributed by atoms with van der Waals surface area (Å²) < 4.78 is 1.94. The van der Waals surface area contributed by atoms with Gasteiger partial charge in [-0.15, -0.1) is 0 Å². The van der Waals surface area contributed by atoms with Gasteiger partial charge in [0.2, 0.25) is 0 Å². The largest absolute Gasteiger partial charge is 0.293 e. The second-order valence-electron chi connectivity index (χ2n) is 4.98. The van der Waals surface area contributed by atoms with Crippen molar-refractivity contribution in [1.82, 2.24) is 4.98 Å². The maximum Gasteiger partial charge on any atom is 0.173 e. The molecule has 3 rings (SSSR count). The zero-order valence-corrected chi connectivity index (χ0v) is 14.5. The van der Waals surface area contributed by atoms with Gasteiger partial charge in [0.25, 0.3) is 0 Å². The summed E-state index contributed by atoms with van der Waals surface area (Å²) in [4.78, 5) is 17.3. The predicted molar refractivity (Wildman–Crippen MR) is 91.1 cm³/mol. The van der Waals surface area contributed by atoms with Crippen LogP contribution in [0.2, 0.25) is 0 Å². The van der Waals surface area contributed by atoms with E-state index < -0.39 is 0 Å². The second kappa shape index (κ2) is 5.93. The molecule has 0 N–H and O–H groups in total. The van der Waals surface area contributed by atoms with E-state index in [0.717, 1.165) is 38.6 Å². The fourth-order valence-electron chi connectivity index (χ4n) is 2.74. The third kappa shape index (κ3) is 2.68. The van der Waals surface area contributed by atoms with Crippen molar-refractivity contribution in [1.29, 1.82) is 0 Å². The summed E-state index contributed by atoms with van der Waals surface area (Å²) in [6, 6.07) is 9.90. The van der Waals surface area contributed by atoms with Gasteiger partial charge in [0.1, 0.15) is 0 Å². The van der Waals surface area contributed by atoms with E-state index in [4.69, 9.17) is 0 Å². The Balaban J connectivity index is 2.02. The van der Waals surface area contributed by atoms with Gasteiger partial charge >= 0.3 is 0 Å². The molecule has 1 heterocycles. The van der Waals surface area contributed by atoms with E-state index in [1.807, 2.05) is 24.3 Å². The number of benzene rings is 1. The maximum atomic E-state index is 12.9. The number of pyridine rings is 1. The third-order valence-corrected chi connectivity index (χ3v) is 5.14. The molecule has 20 heavy (non-hydrogen) atoms. The highest BCUT2D eigenvalue weighted by Crippen LogP contribution is 2.34. The molecule has 0 aliphatic heterocycles. The van der Waals surface area contributed by atoms with E-state index >= 15 is 0 Å². The topological polar surface area (TPSA) is 30.0 Å². The summed E-state index contributed by atoms with van der Waals surface area (Å²) in [5, 5.41) is 0. The number of halogens is 2. The monoisotopic (exact) mass is 441 g/mol. The Kier molecular flexibility index (Phi) is 4.21. The van der Waals surface area contributed by atoms with Crippen LogP contribution in [-0.4, -0.2) is 10.8 Å². The van der Waals surface area contributed by atoms with E-state index in [1.54, 1.807) is 6.20 Å². The third-order valence-electron chi connectivity index (χ3n) is 3.71. The van der Waals surface area contributed by atoms with Gasteiger partial charge in [-0.05, 0) is 71.7 Å². The minimum atomic E-state index is -0.0947. The van der Waals surface area contributed by atoms with Gasteiger partial charge in [-0.25, -0.2) is 0 Å². The molecule has 0 bridgehead atoms. The molecule has 0 fully saturated rings. The number of aromatic nitrogens is 1. The first-order valence-corrected chi connectivity index (χ1v) is 8.47. The van der Waals surface area contributed by atoms with Crippen molar-refractivity contribution in [3.63, 3.8) is 0 Å². The molecule has 2 aromatic rings. The summed E-state index contributed by atoms with van der Waals surface area (Å²) in [5.41, 5.74) is 2.99. The van der Waals surface area contributed by atoms with Gasteiger partial charge in [-0.2, -0.15) is 0 Å². The Morgan fingerprint density at radius 3 is 3.05 bits per heavy atom. The predicted octanol–water partition coefficient (Wildman–Crippen LogP) is 4.75. The first kappa shape index (κ1) is 14.2. The number of nitrogens with zero attached hydrogens (tertiary/aromatic N) is 1. The Labute approximate surface area is 140 Å². The lowest BCUT2D eigenvalue weighted by molar-refractivity contribution is 0.0948. The molecule has 2 nitrogen and oxygen atoms in total. The van der Waals surface area contributed by atoms with Crippen LogP contribution in [0.15, 0.2) is 41.0 Å². The van der Waals surface area contributed by atoms with Crippen LogP contribution in [0, 0.1) is 3.57 Å². The first-order chi connectivity index (χ1) is 9.66. The lowest BCUT2D eigenvalue weighted by atomic mass is 9.82.